The van der Waals surface area contributed by atoms with Crippen molar-refractivity contribution in [3.63, 3.8) is 0 Å². The molecule has 0 saturated heterocycles. The molecular weight excluding hydrogens is 374 g/mol. The van der Waals surface area contributed by atoms with Gasteiger partial charge in [0.2, 0.25) is 0 Å². The minimum Gasteiger partial charge on any atom is -0.408 e. The predicted octanol–water partition coefficient (Wildman–Crippen LogP) is 3.80. The molecule has 0 atom stereocenters. The molecule has 4 aromatic rings. The van der Waals surface area contributed by atoms with E-state index in [1.165, 1.54) is 15.9 Å². The summed E-state index contributed by atoms with van der Waals surface area (Å²) in [5.74, 6) is -0.507. The number of nitrogens with one attached hydrogen (secondary N) is 1. The van der Waals surface area contributed by atoms with Gasteiger partial charge < -0.3 is 9.73 Å². The molecule has 0 spiro atoms. The van der Waals surface area contributed by atoms with Crippen LogP contribution >= 0.6 is 11.3 Å². The fourth-order valence-corrected chi connectivity index (χ4v) is 3.70. The number of aryl methyl sites for hydroxylation is 3. The Balaban J connectivity index is 1.49. The van der Waals surface area contributed by atoms with E-state index in [9.17, 15) is 9.59 Å². The van der Waals surface area contributed by atoms with Gasteiger partial charge >= 0.3 is 5.76 Å². The fraction of sp³-hybridized carbons (Fsp3) is 0.190. The highest BCUT2D eigenvalue weighted by atomic mass is 32.1. The van der Waals surface area contributed by atoms with Crippen LogP contribution in [0, 0.1) is 13.8 Å². The number of nitrogens with zero attached hydrogens (tertiary/aromatic N) is 2. The van der Waals surface area contributed by atoms with E-state index in [-0.39, 0.29) is 11.7 Å². The lowest BCUT2D eigenvalue weighted by atomic mass is 10.1. The van der Waals surface area contributed by atoms with Gasteiger partial charge in [0.05, 0.1) is 17.8 Å². The Kier molecular flexibility index (Phi) is 4.60. The molecule has 2 aromatic carbocycles. The number of fused-ring (bicyclic) bond motifs is 1. The lowest BCUT2D eigenvalue weighted by Gasteiger charge is -2.06. The highest BCUT2D eigenvalue weighted by Crippen LogP contribution is 2.25. The van der Waals surface area contributed by atoms with E-state index in [1.807, 2.05) is 55.6 Å². The van der Waals surface area contributed by atoms with Crippen molar-refractivity contribution in [2.75, 3.05) is 0 Å². The van der Waals surface area contributed by atoms with Gasteiger partial charge in [-0.05, 0) is 49.2 Å². The molecule has 0 saturated carbocycles. The molecule has 1 amide bonds. The number of carbonyl (C=O) groups is 1. The van der Waals surface area contributed by atoms with Crippen molar-refractivity contribution in [1.29, 1.82) is 0 Å². The van der Waals surface area contributed by atoms with Crippen molar-refractivity contribution in [2.45, 2.75) is 20.4 Å². The van der Waals surface area contributed by atoms with Crippen LogP contribution in [0.1, 0.15) is 26.5 Å². The van der Waals surface area contributed by atoms with Gasteiger partial charge in [-0.15, -0.1) is 11.3 Å². The molecule has 0 unspecified atom stereocenters. The van der Waals surface area contributed by atoms with Gasteiger partial charge in [-0.25, -0.2) is 9.78 Å². The lowest BCUT2D eigenvalue weighted by molar-refractivity contribution is 0.0951. The average molecular weight is 393 g/mol. The smallest absolute Gasteiger partial charge is 0.408 e. The summed E-state index contributed by atoms with van der Waals surface area (Å²) in [7, 11) is 1.67. The van der Waals surface area contributed by atoms with Crippen LogP contribution in [0.5, 0.6) is 0 Å². The molecule has 6 nitrogen and oxygen atoms in total. The second-order valence-electron chi connectivity index (χ2n) is 6.72. The van der Waals surface area contributed by atoms with Gasteiger partial charge in [0.25, 0.3) is 5.91 Å². The maximum atomic E-state index is 12.4. The zero-order valence-electron chi connectivity index (χ0n) is 15.8. The molecule has 142 valence electrons. The van der Waals surface area contributed by atoms with Gasteiger partial charge in [0, 0.05) is 23.6 Å². The summed E-state index contributed by atoms with van der Waals surface area (Å²) >= 11 is 1.48. The fourth-order valence-electron chi connectivity index (χ4n) is 2.96. The Morgan fingerprint density at radius 3 is 2.79 bits per heavy atom. The number of carbonyl (C=O) groups excluding carboxylic acids is 1. The Labute approximate surface area is 165 Å². The summed E-state index contributed by atoms with van der Waals surface area (Å²) in [6.45, 7) is 4.37. The van der Waals surface area contributed by atoms with Crippen molar-refractivity contribution in [3.05, 3.63) is 74.0 Å². The molecule has 0 radical (unpaired) electrons. The Morgan fingerprint density at radius 1 is 1.18 bits per heavy atom. The quantitative estimate of drug-likeness (QED) is 0.572. The SMILES string of the molecule is Cc1ccc(C(=O)NCc2nc(-c3ccc4c(c3)oc(=O)n4C)cs2)cc1C. The maximum absolute atomic E-state index is 12.4. The number of hydrogen-bond donors (Lipinski definition) is 1. The van der Waals surface area contributed by atoms with E-state index in [2.05, 4.69) is 10.3 Å². The van der Waals surface area contributed by atoms with Gasteiger partial charge in [-0.3, -0.25) is 9.36 Å². The summed E-state index contributed by atoms with van der Waals surface area (Å²) in [6.07, 6.45) is 0. The molecule has 1 N–H and O–H groups in total. The van der Waals surface area contributed by atoms with Crippen LogP contribution in [0.3, 0.4) is 0 Å². The van der Waals surface area contributed by atoms with Crippen LogP contribution < -0.4 is 11.1 Å². The second-order valence-corrected chi connectivity index (χ2v) is 7.66. The first kappa shape index (κ1) is 18.2. The zero-order chi connectivity index (χ0) is 19.8. The van der Waals surface area contributed by atoms with Gasteiger partial charge in [0.15, 0.2) is 5.58 Å². The number of oxazole rings is 1. The first-order valence-corrected chi connectivity index (χ1v) is 9.70. The number of thiazole rings is 1. The highest BCUT2D eigenvalue weighted by molar-refractivity contribution is 7.09. The minimum atomic E-state index is -0.389. The zero-order valence-corrected chi connectivity index (χ0v) is 16.6. The standard InChI is InChI=1S/C21H19N3O3S/c1-12-4-5-15(8-13(12)2)20(25)22-10-19-23-16(11-28-19)14-6-7-17-18(9-14)27-21(26)24(17)3/h4-9,11H,10H2,1-3H3,(H,22,25). The summed E-state index contributed by atoms with van der Waals surface area (Å²) in [4.78, 5) is 28.6. The molecule has 2 aromatic heterocycles. The Morgan fingerprint density at radius 2 is 2.00 bits per heavy atom. The molecule has 0 aliphatic carbocycles. The Bertz CT molecular complexity index is 1250. The number of aromatic nitrogens is 2. The van der Waals surface area contributed by atoms with Crippen molar-refractivity contribution in [1.82, 2.24) is 14.9 Å². The van der Waals surface area contributed by atoms with Crippen LogP contribution in [0.15, 0.2) is 51.0 Å². The summed E-state index contributed by atoms with van der Waals surface area (Å²) in [5, 5.41) is 5.65. The van der Waals surface area contributed by atoms with Crippen molar-refractivity contribution in [3.8, 4) is 11.3 Å². The average Bonchev–Trinajstić information content (AvgIpc) is 3.26. The van der Waals surface area contributed by atoms with Gasteiger partial charge in [0.1, 0.15) is 5.01 Å². The maximum Gasteiger partial charge on any atom is 0.419 e. The van der Waals surface area contributed by atoms with E-state index in [1.54, 1.807) is 7.05 Å². The third-order valence-corrected chi connectivity index (χ3v) is 5.66. The molecular formula is C21H19N3O3S. The molecule has 0 aliphatic heterocycles. The van der Waals surface area contributed by atoms with E-state index >= 15 is 0 Å². The molecule has 4 rings (SSSR count). The number of rotatable bonds is 4. The normalized spacial score (nSPS) is 11.1. The highest BCUT2D eigenvalue weighted by Gasteiger charge is 2.11. The molecule has 28 heavy (non-hydrogen) atoms. The predicted molar refractivity (Wildman–Crippen MR) is 110 cm³/mol. The minimum absolute atomic E-state index is 0.118. The van der Waals surface area contributed by atoms with Crippen molar-refractivity contribution < 1.29 is 9.21 Å². The van der Waals surface area contributed by atoms with Gasteiger partial charge in [-0.2, -0.15) is 0 Å². The second kappa shape index (κ2) is 7.09. The summed E-state index contributed by atoms with van der Waals surface area (Å²) < 4.78 is 6.71. The van der Waals surface area contributed by atoms with Crippen molar-refractivity contribution >= 4 is 28.3 Å². The van der Waals surface area contributed by atoms with E-state index in [4.69, 9.17) is 4.42 Å². The number of amides is 1. The molecule has 7 heteroatoms. The van der Waals surface area contributed by atoms with Crippen molar-refractivity contribution in [2.24, 2.45) is 7.05 Å². The van der Waals surface area contributed by atoms with E-state index < -0.39 is 0 Å². The molecule has 2 heterocycles. The first-order valence-electron chi connectivity index (χ1n) is 8.82. The van der Waals surface area contributed by atoms with E-state index in [0.29, 0.717) is 17.7 Å². The van der Waals surface area contributed by atoms with E-state index in [0.717, 1.165) is 32.9 Å². The molecule has 0 aliphatic rings. The van der Waals surface area contributed by atoms with Crippen LogP contribution in [-0.4, -0.2) is 15.5 Å². The summed E-state index contributed by atoms with van der Waals surface area (Å²) in [5.41, 5.74) is 5.81. The number of hydrogen-bond acceptors (Lipinski definition) is 5. The topological polar surface area (TPSA) is 77.1 Å². The monoisotopic (exact) mass is 393 g/mol. The summed E-state index contributed by atoms with van der Waals surface area (Å²) in [6, 6.07) is 11.2. The third-order valence-electron chi connectivity index (χ3n) is 4.81. The largest absolute Gasteiger partial charge is 0.419 e. The van der Waals surface area contributed by atoms with Crippen LogP contribution in [0.25, 0.3) is 22.4 Å². The molecule has 0 fully saturated rings. The van der Waals surface area contributed by atoms with Gasteiger partial charge in [-0.1, -0.05) is 12.1 Å². The first-order chi connectivity index (χ1) is 13.4. The lowest BCUT2D eigenvalue weighted by Crippen LogP contribution is -2.22. The Hall–Kier alpha value is -3.19. The molecule has 0 bridgehead atoms. The number of benzene rings is 2. The van der Waals surface area contributed by atoms with Crippen LogP contribution in [0.4, 0.5) is 0 Å². The third kappa shape index (κ3) is 3.36. The van der Waals surface area contributed by atoms with Crippen LogP contribution in [0.2, 0.25) is 0 Å². The van der Waals surface area contributed by atoms with Crippen LogP contribution in [-0.2, 0) is 13.6 Å².